The first-order chi connectivity index (χ1) is 9.65. The fourth-order valence-electron chi connectivity index (χ4n) is 2.34. The van der Waals surface area contributed by atoms with E-state index < -0.39 is 0 Å². The summed E-state index contributed by atoms with van der Waals surface area (Å²) in [6, 6.07) is 4.43. The van der Waals surface area contributed by atoms with Gasteiger partial charge in [-0.1, -0.05) is 12.8 Å². The van der Waals surface area contributed by atoms with Gasteiger partial charge in [-0.2, -0.15) is 0 Å². The summed E-state index contributed by atoms with van der Waals surface area (Å²) in [4.78, 5) is 12.6. The number of carbonyl (C=O) groups excluding carboxylic acids is 1. The van der Waals surface area contributed by atoms with Crippen molar-refractivity contribution in [1.29, 1.82) is 0 Å². The van der Waals surface area contributed by atoms with Gasteiger partial charge in [0.15, 0.2) is 0 Å². The minimum atomic E-state index is -0.335. The molecule has 3 rings (SSSR count). The van der Waals surface area contributed by atoms with Crippen molar-refractivity contribution in [3.8, 4) is 0 Å². The molecular formula is C15H17FN2OS. The van der Waals surface area contributed by atoms with Crippen molar-refractivity contribution in [1.82, 2.24) is 5.32 Å². The summed E-state index contributed by atoms with van der Waals surface area (Å²) in [7, 11) is 0. The van der Waals surface area contributed by atoms with Crippen LogP contribution in [0.5, 0.6) is 0 Å². The van der Waals surface area contributed by atoms with Crippen LogP contribution in [0, 0.1) is 11.7 Å². The number of carbonyl (C=O) groups is 1. The quantitative estimate of drug-likeness (QED) is 0.828. The van der Waals surface area contributed by atoms with Crippen LogP contribution >= 0.6 is 11.3 Å². The molecule has 3 N–H and O–H groups in total. The highest BCUT2D eigenvalue weighted by atomic mass is 32.1. The molecule has 0 radical (unpaired) electrons. The van der Waals surface area contributed by atoms with E-state index >= 15 is 0 Å². The van der Waals surface area contributed by atoms with Gasteiger partial charge >= 0.3 is 0 Å². The van der Waals surface area contributed by atoms with E-state index in [1.54, 1.807) is 6.07 Å². The Bertz CT molecular complexity index is 649. The molecule has 1 saturated carbocycles. The third kappa shape index (κ3) is 2.77. The smallest absolute Gasteiger partial charge is 0.263 e. The standard InChI is InChI=1S/C15H17FN2OS/c16-10-5-6-12-11(8-10)13(17)14(20-12)15(19)18-7-1-2-9-3-4-9/h5-6,8-9H,1-4,7,17H2,(H,18,19). The van der Waals surface area contributed by atoms with E-state index in [0.29, 0.717) is 22.5 Å². The summed E-state index contributed by atoms with van der Waals surface area (Å²) >= 11 is 1.31. The maximum absolute atomic E-state index is 13.2. The number of fused-ring (bicyclic) bond motifs is 1. The summed E-state index contributed by atoms with van der Waals surface area (Å²) in [6.45, 7) is 0.678. The second-order valence-electron chi connectivity index (χ2n) is 5.33. The number of nitrogen functional groups attached to an aromatic ring is 1. The zero-order valence-corrected chi connectivity index (χ0v) is 11.9. The van der Waals surface area contributed by atoms with Crippen LogP contribution in [0.15, 0.2) is 18.2 Å². The number of nitrogens with two attached hydrogens (primary N) is 1. The van der Waals surface area contributed by atoms with Crippen LogP contribution < -0.4 is 11.1 Å². The van der Waals surface area contributed by atoms with E-state index in [-0.39, 0.29) is 11.7 Å². The number of nitrogens with one attached hydrogen (secondary N) is 1. The molecular weight excluding hydrogens is 275 g/mol. The first kappa shape index (κ1) is 13.4. The van der Waals surface area contributed by atoms with Crippen LogP contribution in [0.1, 0.15) is 35.4 Å². The second-order valence-corrected chi connectivity index (χ2v) is 6.38. The molecule has 3 nitrogen and oxygen atoms in total. The van der Waals surface area contributed by atoms with E-state index in [1.165, 1.54) is 42.7 Å². The van der Waals surface area contributed by atoms with Crippen molar-refractivity contribution < 1.29 is 9.18 Å². The SMILES string of the molecule is Nc1c(C(=O)NCCCC2CC2)sc2ccc(F)cc12. The Hall–Kier alpha value is -1.62. The molecule has 0 bridgehead atoms. The summed E-state index contributed by atoms with van der Waals surface area (Å²) in [5.41, 5.74) is 6.33. The normalized spacial score (nSPS) is 14.7. The summed E-state index contributed by atoms with van der Waals surface area (Å²) < 4.78 is 14.0. The van der Waals surface area contributed by atoms with Crippen molar-refractivity contribution in [3.63, 3.8) is 0 Å². The monoisotopic (exact) mass is 292 g/mol. The van der Waals surface area contributed by atoms with Gasteiger partial charge < -0.3 is 11.1 Å². The minimum Gasteiger partial charge on any atom is -0.397 e. The lowest BCUT2D eigenvalue weighted by Gasteiger charge is -2.03. The molecule has 2 aromatic rings. The zero-order valence-electron chi connectivity index (χ0n) is 11.1. The number of halogens is 1. The van der Waals surface area contributed by atoms with Crippen LogP contribution in [-0.4, -0.2) is 12.5 Å². The largest absolute Gasteiger partial charge is 0.397 e. The highest BCUT2D eigenvalue weighted by Gasteiger charge is 2.20. The van der Waals surface area contributed by atoms with Gasteiger partial charge in [-0.25, -0.2) is 4.39 Å². The fourth-order valence-corrected chi connectivity index (χ4v) is 3.36. The average Bonchev–Trinajstić information content (AvgIpc) is 3.20. The van der Waals surface area contributed by atoms with Crippen LogP contribution in [0.4, 0.5) is 10.1 Å². The fraction of sp³-hybridized carbons (Fsp3) is 0.400. The van der Waals surface area contributed by atoms with E-state index in [1.807, 2.05) is 0 Å². The minimum absolute atomic E-state index is 0.153. The van der Waals surface area contributed by atoms with E-state index in [9.17, 15) is 9.18 Å². The topological polar surface area (TPSA) is 55.1 Å². The van der Waals surface area contributed by atoms with Gasteiger partial charge in [-0.05, 0) is 37.0 Å². The molecule has 1 aliphatic rings. The average molecular weight is 292 g/mol. The zero-order chi connectivity index (χ0) is 14.1. The predicted octanol–water partition coefficient (Wildman–Crippen LogP) is 3.54. The highest BCUT2D eigenvalue weighted by molar-refractivity contribution is 7.21. The van der Waals surface area contributed by atoms with Crippen molar-refractivity contribution in [2.24, 2.45) is 5.92 Å². The molecule has 106 valence electrons. The molecule has 0 spiro atoms. The van der Waals surface area contributed by atoms with Crippen LogP contribution in [0.2, 0.25) is 0 Å². The Balaban J connectivity index is 1.68. The maximum atomic E-state index is 13.2. The van der Waals surface area contributed by atoms with Gasteiger partial charge in [0.2, 0.25) is 0 Å². The molecule has 0 unspecified atom stereocenters. The number of benzene rings is 1. The number of hydrogen-bond acceptors (Lipinski definition) is 3. The molecule has 1 aromatic heterocycles. The Labute approximate surface area is 121 Å². The molecule has 20 heavy (non-hydrogen) atoms. The lowest BCUT2D eigenvalue weighted by atomic mass is 10.2. The molecule has 1 aliphatic carbocycles. The van der Waals surface area contributed by atoms with E-state index in [2.05, 4.69) is 5.32 Å². The van der Waals surface area contributed by atoms with Crippen LogP contribution in [0.25, 0.3) is 10.1 Å². The molecule has 0 saturated heterocycles. The summed E-state index contributed by atoms with van der Waals surface area (Å²) in [5.74, 6) is 0.391. The Morgan fingerprint density at radius 3 is 3.00 bits per heavy atom. The first-order valence-electron chi connectivity index (χ1n) is 6.91. The van der Waals surface area contributed by atoms with Gasteiger partial charge in [0.1, 0.15) is 10.7 Å². The number of rotatable bonds is 5. The number of hydrogen-bond donors (Lipinski definition) is 2. The Morgan fingerprint density at radius 1 is 1.45 bits per heavy atom. The molecule has 1 heterocycles. The molecule has 5 heteroatoms. The number of anilines is 1. The van der Waals surface area contributed by atoms with E-state index in [0.717, 1.165) is 17.0 Å². The van der Waals surface area contributed by atoms with Crippen LogP contribution in [0.3, 0.4) is 0 Å². The second kappa shape index (κ2) is 5.40. The van der Waals surface area contributed by atoms with Gasteiger partial charge in [0.05, 0.1) is 5.69 Å². The molecule has 0 atom stereocenters. The third-order valence-corrected chi connectivity index (χ3v) is 4.85. The summed E-state index contributed by atoms with van der Waals surface area (Å²) in [5, 5.41) is 3.52. The molecule has 1 aromatic carbocycles. The first-order valence-corrected chi connectivity index (χ1v) is 7.72. The molecule has 1 fully saturated rings. The van der Waals surface area contributed by atoms with Crippen molar-refractivity contribution in [3.05, 3.63) is 28.9 Å². The van der Waals surface area contributed by atoms with Gasteiger partial charge in [0, 0.05) is 16.6 Å². The lowest BCUT2D eigenvalue weighted by molar-refractivity contribution is 0.0957. The maximum Gasteiger partial charge on any atom is 0.263 e. The van der Waals surface area contributed by atoms with Crippen LogP contribution in [-0.2, 0) is 0 Å². The Kier molecular flexibility index (Phi) is 3.61. The predicted molar refractivity (Wildman–Crippen MR) is 80.5 cm³/mol. The van der Waals surface area contributed by atoms with Gasteiger partial charge in [0.25, 0.3) is 5.91 Å². The summed E-state index contributed by atoms with van der Waals surface area (Å²) in [6.07, 6.45) is 4.87. The molecule has 0 aliphatic heterocycles. The van der Waals surface area contributed by atoms with Crippen molar-refractivity contribution in [2.45, 2.75) is 25.7 Å². The highest BCUT2D eigenvalue weighted by Crippen LogP contribution is 2.34. The number of amides is 1. The Morgan fingerprint density at radius 2 is 2.25 bits per heavy atom. The van der Waals surface area contributed by atoms with E-state index in [4.69, 9.17) is 5.73 Å². The van der Waals surface area contributed by atoms with Gasteiger partial charge in [-0.3, -0.25) is 4.79 Å². The van der Waals surface area contributed by atoms with Crippen molar-refractivity contribution in [2.75, 3.05) is 12.3 Å². The van der Waals surface area contributed by atoms with Gasteiger partial charge in [-0.15, -0.1) is 11.3 Å². The van der Waals surface area contributed by atoms with Crippen molar-refractivity contribution >= 4 is 33.0 Å². The third-order valence-electron chi connectivity index (χ3n) is 3.67. The number of thiophene rings is 1. The lowest BCUT2D eigenvalue weighted by Crippen LogP contribution is -2.24. The molecule has 1 amide bonds.